The quantitative estimate of drug-likeness (QED) is 0.640. The Hall–Kier alpha value is -3.19. The number of imidazole rings is 1. The Morgan fingerprint density at radius 1 is 1.13 bits per heavy atom. The number of benzene rings is 2. The van der Waals surface area contributed by atoms with E-state index in [0.29, 0.717) is 19.0 Å². The molecule has 2 amide bonds. The molecule has 2 aromatic carbocycles. The maximum atomic E-state index is 13.3. The second kappa shape index (κ2) is 8.51. The first-order valence-electron chi connectivity index (χ1n) is 10.9. The van der Waals surface area contributed by atoms with Gasteiger partial charge in [-0.3, -0.25) is 19.1 Å². The first-order valence-corrected chi connectivity index (χ1v) is 10.9. The van der Waals surface area contributed by atoms with Crippen LogP contribution in [0, 0.1) is 0 Å². The summed E-state index contributed by atoms with van der Waals surface area (Å²) in [7, 11) is 0. The molecule has 3 heterocycles. The van der Waals surface area contributed by atoms with Gasteiger partial charge in [-0.2, -0.15) is 0 Å². The van der Waals surface area contributed by atoms with Gasteiger partial charge in [-0.15, -0.1) is 0 Å². The maximum Gasteiger partial charge on any atom is 0.253 e. The molecule has 1 N–H and O–H groups in total. The Labute approximate surface area is 181 Å². The van der Waals surface area contributed by atoms with Crippen LogP contribution in [-0.2, 0) is 20.7 Å². The van der Waals surface area contributed by atoms with E-state index in [-0.39, 0.29) is 24.3 Å². The van der Waals surface area contributed by atoms with E-state index in [1.165, 1.54) is 5.56 Å². The molecule has 0 unspecified atom stereocenters. The molecule has 7 nitrogen and oxygen atoms in total. The fourth-order valence-corrected chi connectivity index (χ4v) is 4.50. The molecular formula is C24H26N4O3. The molecule has 0 radical (unpaired) electrons. The van der Waals surface area contributed by atoms with Crippen molar-refractivity contribution in [2.24, 2.45) is 0 Å². The van der Waals surface area contributed by atoms with Gasteiger partial charge in [0.15, 0.2) is 0 Å². The third kappa shape index (κ3) is 3.93. The van der Waals surface area contributed by atoms with E-state index in [4.69, 9.17) is 9.72 Å². The number of nitrogens with one attached hydrogen (secondary N) is 1. The monoisotopic (exact) mass is 418 g/mol. The van der Waals surface area contributed by atoms with Gasteiger partial charge in [0.2, 0.25) is 11.9 Å². The van der Waals surface area contributed by atoms with Crippen LogP contribution < -0.4 is 10.2 Å². The molecule has 2 aliphatic rings. The van der Waals surface area contributed by atoms with Crippen LogP contribution in [0.5, 0.6) is 0 Å². The van der Waals surface area contributed by atoms with Gasteiger partial charge in [0, 0.05) is 13.2 Å². The van der Waals surface area contributed by atoms with E-state index in [2.05, 4.69) is 5.32 Å². The third-order valence-corrected chi connectivity index (χ3v) is 6.05. The molecule has 160 valence electrons. The summed E-state index contributed by atoms with van der Waals surface area (Å²) in [6.07, 6.45) is 2.83. The zero-order chi connectivity index (χ0) is 21.2. The lowest BCUT2D eigenvalue weighted by Gasteiger charge is -2.19. The fraction of sp³-hybridized carbons (Fsp3) is 0.375. The van der Waals surface area contributed by atoms with E-state index in [9.17, 15) is 9.59 Å². The summed E-state index contributed by atoms with van der Waals surface area (Å²) < 4.78 is 7.67. The van der Waals surface area contributed by atoms with Crippen molar-refractivity contribution in [2.45, 2.75) is 37.8 Å². The van der Waals surface area contributed by atoms with E-state index in [1.54, 1.807) is 4.90 Å². The molecule has 2 atom stereocenters. The average Bonchev–Trinajstić information content (AvgIpc) is 3.48. The van der Waals surface area contributed by atoms with Crippen molar-refractivity contribution >= 4 is 28.8 Å². The highest BCUT2D eigenvalue weighted by Gasteiger charge is 2.42. The molecule has 1 aromatic heterocycles. The van der Waals surface area contributed by atoms with E-state index < -0.39 is 6.04 Å². The van der Waals surface area contributed by atoms with E-state index >= 15 is 0 Å². The molecule has 2 aliphatic heterocycles. The van der Waals surface area contributed by atoms with Crippen molar-refractivity contribution in [1.82, 2.24) is 14.9 Å². The molecule has 1 saturated heterocycles. The van der Waals surface area contributed by atoms with Crippen LogP contribution in [0.15, 0.2) is 54.6 Å². The SMILES string of the molecule is O=C(C[C@H]1C(=O)N(C[C@H]2CCCO2)c2nc3ccccc3n21)NCCc1ccccc1. The largest absolute Gasteiger partial charge is 0.376 e. The number of hydrogen-bond donors (Lipinski definition) is 1. The molecule has 0 saturated carbocycles. The summed E-state index contributed by atoms with van der Waals surface area (Å²) in [5, 5.41) is 2.97. The summed E-state index contributed by atoms with van der Waals surface area (Å²) in [4.78, 5) is 32.4. The number of fused-ring (bicyclic) bond motifs is 3. The minimum absolute atomic E-state index is 0.0238. The predicted octanol–water partition coefficient (Wildman–Crippen LogP) is 2.85. The highest BCUT2D eigenvalue weighted by Crippen LogP contribution is 2.37. The van der Waals surface area contributed by atoms with Gasteiger partial charge < -0.3 is 10.1 Å². The van der Waals surface area contributed by atoms with Gasteiger partial charge in [-0.05, 0) is 37.0 Å². The molecule has 31 heavy (non-hydrogen) atoms. The predicted molar refractivity (Wildman–Crippen MR) is 118 cm³/mol. The number of anilines is 1. The van der Waals surface area contributed by atoms with E-state index in [0.717, 1.165) is 36.9 Å². The van der Waals surface area contributed by atoms with Crippen LogP contribution in [0.4, 0.5) is 5.95 Å². The zero-order valence-electron chi connectivity index (χ0n) is 17.4. The van der Waals surface area contributed by atoms with Crippen molar-refractivity contribution < 1.29 is 14.3 Å². The number of para-hydroxylation sites is 2. The Bertz CT molecular complexity index is 1090. The van der Waals surface area contributed by atoms with Crippen LogP contribution in [0.2, 0.25) is 0 Å². The average molecular weight is 418 g/mol. The standard InChI is InChI=1S/C24H26N4O3/c29-22(25-13-12-17-7-2-1-3-8-17)15-21-23(30)27(16-18-9-6-14-31-18)24-26-19-10-4-5-11-20(19)28(21)24/h1-5,7-8,10-11,18,21H,6,9,12-16H2,(H,25,29)/t18-,21+/m1/s1. The number of hydrogen-bond acceptors (Lipinski definition) is 4. The van der Waals surface area contributed by atoms with Gasteiger partial charge >= 0.3 is 0 Å². The lowest BCUT2D eigenvalue weighted by molar-refractivity contribution is -0.127. The highest BCUT2D eigenvalue weighted by atomic mass is 16.5. The lowest BCUT2D eigenvalue weighted by atomic mass is 10.1. The minimum Gasteiger partial charge on any atom is -0.376 e. The smallest absolute Gasteiger partial charge is 0.253 e. The Morgan fingerprint density at radius 3 is 2.74 bits per heavy atom. The number of carbonyl (C=O) groups is 2. The van der Waals surface area contributed by atoms with Crippen LogP contribution in [0.25, 0.3) is 11.0 Å². The zero-order valence-corrected chi connectivity index (χ0v) is 17.4. The molecule has 5 rings (SSSR count). The lowest BCUT2D eigenvalue weighted by Crippen LogP contribution is -2.37. The van der Waals surface area contributed by atoms with Gasteiger partial charge in [0.1, 0.15) is 6.04 Å². The Morgan fingerprint density at radius 2 is 1.94 bits per heavy atom. The summed E-state index contributed by atoms with van der Waals surface area (Å²) in [5.41, 5.74) is 2.88. The number of aromatic nitrogens is 2. The van der Waals surface area contributed by atoms with Crippen molar-refractivity contribution in [3.63, 3.8) is 0 Å². The number of rotatable bonds is 7. The van der Waals surface area contributed by atoms with Crippen molar-refractivity contribution in [1.29, 1.82) is 0 Å². The topological polar surface area (TPSA) is 76.5 Å². The molecule has 0 bridgehead atoms. The summed E-state index contributed by atoms with van der Waals surface area (Å²) in [5.74, 6) is 0.405. The number of nitrogens with zero attached hydrogens (tertiary/aromatic N) is 3. The van der Waals surface area contributed by atoms with Crippen LogP contribution in [-0.4, -0.2) is 47.2 Å². The second-order valence-corrected chi connectivity index (χ2v) is 8.16. The molecule has 1 fully saturated rings. The first kappa shape index (κ1) is 19.8. The van der Waals surface area contributed by atoms with Crippen molar-refractivity contribution in [3.8, 4) is 0 Å². The molecular weight excluding hydrogens is 392 g/mol. The number of carbonyl (C=O) groups excluding carboxylic acids is 2. The van der Waals surface area contributed by atoms with Gasteiger partial charge in [0.25, 0.3) is 5.91 Å². The minimum atomic E-state index is -0.583. The number of amides is 2. The molecule has 7 heteroatoms. The van der Waals surface area contributed by atoms with Gasteiger partial charge in [-0.1, -0.05) is 42.5 Å². The van der Waals surface area contributed by atoms with Crippen LogP contribution in [0.3, 0.4) is 0 Å². The summed E-state index contributed by atoms with van der Waals surface area (Å²) in [6.45, 7) is 1.76. The highest BCUT2D eigenvalue weighted by molar-refractivity contribution is 6.03. The Kier molecular flexibility index (Phi) is 5.42. The van der Waals surface area contributed by atoms with Crippen LogP contribution >= 0.6 is 0 Å². The van der Waals surface area contributed by atoms with Crippen molar-refractivity contribution in [3.05, 3.63) is 60.2 Å². The van der Waals surface area contributed by atoms with Gasteiger partial charge in [0.05, 0.1) is 30.1 Å². The second-order valence-electron chi connectivity index (χ2n) is 8.16. The van der Waals surface area contributed by atoms with Crippen LogP contribution in [0.1, 0.15) is 30.9 Å². The van der Waals surface area contributed by atoms with E-state index in [1.807, 2.05) is 59.2 Å². The summed E-state index contributed by atoms with van der Waals surface area (Å²) in [6, 6.07) is 17.2. The normalized spacial score (nSPS) is 20.4. The summed E-state index contributed by atoms with van der Waals surface area (Å²) >= 11 is 0. The first-order chi connectivity index (χ1) is 15.2. The Balaban J connectivity index is 1.33. The van der Waals surface area contributed by atoms with Crippen molar-refractivity contribution in [2.75, 3.05) is 24.6 Å². The number of ether oxygens (including phenoxy) is 1. The fourth-order valence-electron chi connectivity index (χ4n) is 4.50. The third-order valence-electron chi connectivity index (χ3n) is 6.05. The van der Waals surface area contributed by atoms with Gasteiger partial charge in [-0.25, -0.2) is 4.98 Å². The molecule has 0 aliphatic carbocycles. The molecule has 3 aromatic rings. The maximum absolute atomic E-state index is 13.3. The molecule has 0 spiro atoms.